The van der Waals surface area contributed by atoms with Crippen LogP contribution < -0.4 is 0 Å². The molecule has 1 heterocycles. The van der Waals surface area contributed by atoms with Crippen molar-refractivity contribution in [1.29, 1.82) is 0 Å². The van der Waals surface area contributed by atoms with Crippen LogP contribution in [0.5, 0.6) is 0 Å². The van der Waals surface area contributed by atoms with Gasteiger partial charge in [0, 0.05) is 16.3 Å². The summed E-state index contributed by atoms with van der Waals surface area (Å²) >= 11 is 3.67. The van der Waals surface area contributed by atoms with Gasteiger partial charge in [0.1, 0.15) is 5.58 Å². The van der Waals surface area contributed by atoms with Crippen molar-refractivity contribution in [2.45, 2.75) is 0 Å². The molecule has 0 aliphatic carbocycles. The molecule has 0 saturated heterocycles. The highest BCUT2D eigenvalue weighted by molar-refractivity contribution is 9.10. The fraction of sp³-hybridized carbons (Fsp3) is 0. The van der Waals surface area contributed by atoms with Gasteiger partial charge in [0.25, 0.3) is 0 Å². The van der Waals surface area contributed by atoms with Crippen molar-refractivity contribution in [1.82, 2.24) is 0 Å². The smallest absolute Gasteiger partial charge is 0.178 e. The second-order valence-electron chi connectivity index (χ2n) is 6.33. The zero-order valence-corrected chi connectivity index (χ0v) is 15.5. The normalized spacial score (nSPS) is 11.3. The molecule has 1 aromatic heterocycles. The first kappa shape index (κ1) is 15.4. The highest BCUT2D eigenvalue weighted by atomic mass is 79.9. The third kappa shape index (κ3) is 2.38. The van der Waals surface area contributed by atoms with Crippen LogP contribution in [-0.2, 0) is 0 Å². The topological polar surface area (TPSA) is 13.1 Å². The Morgan fingerprint density at radius 1 is 0.577 bits per heavy atom. The Morgan fingerprint density at radius 3 is 2.12 bits per heavy atom. The molecule has 0 saturated carbocycles. The molecule has 0 radical (unpaired) electrons. The van der Waals surface area contributed by atoms with E-state index in [9.17, 15) is 0 Å². The van der Waals surface area contributed by atoms with E-state index in [1.54, 1.807) is 0 Å². The van der Waals surface area contributed by atoms with Crippen molar-refractivity contribution in [3.8, 4) is 22.3 Å². The van der Waals surface area contributed by atoms with Crippen molar-refractivity contribution in [2.75, 3.05) is 0 Å². The summed E-state index contributed by atoms with van der Waals surface area (Å²) in [5, 5.41) is 3.44. The number of halogens is 1. The summed E-state index contributed by atoms with van der Waals surface area (Å²) in [5.41, 5.74) is 5.59. The van der Waals surface area contributed by atoms with Gasteiger partial charge in [-0.3, -0.25) is 0 Å². The van der Waals surface area contributed by atoms with Crippen molar-refractivity contribution in [3.63, 3.8) is 0 Å². The maximum Gasteiger partial charge on any atom is 0.178 e. The Balaban J connectivity index is 1.84. The van der Waals surface area contributed by atoms with Gasteiger partial charge < -0.3 is 4.42 Å². The summed E-state index contributed by atoms with van der Waals surface area (Å²) in [7, 11) is 0. The van der Waals surface area contributed by atoms with Gasteiger partial charge in [-0.05, 0) is 44.1 Å². The third-order valence-corrected chi connectivity index (χ3v) is 5.38. The van der Waals surface area contributed by atoms with Gasteiger partial charge in [0.05, 0.1) is 0 Å². The number of fused-ring (bicyclic) bond motifs is 3. The van der Waals surface area contributed by atoms with Crippen LogP contribution in [0.1, 0.15) is 0 Å². The summed E-state index contributed by atoms with van der Waals surface area (Å²) in [6, 6.07) is 31.6. The lowest BCUT2D eigenvalue weighted by atomic mass is 9.94. The first-order valence-corrected chi connectivity index (χ1v) is 9.37. The van der Waals surface area contributed by atoms with Crippen LogP contribution >= 0.6 is 15.9 Å². The minimum atomic E-state index is 0.771. The summed E-state index contributed by atoms with van der Waals surface area (Å²) in [5.74, 6) is 0. The molecule has 0 aliphatic rings. The Hall–Kier alpha value is -2.84. The number of benzene rings is 4. The molecule has 2 heteroatoms. The molecule has 124 valence electrons. The molecule has 0 atom stereocenters. The van der Waals surface area contributed by atoms with Gasteiger partial charge >= 0.3 is 0 Å². The van der Waals surface area contributed by atoms with Crippen LogP contribution in [-0.4, -0.2) is 0 Å². The van der Waals surface area contributed by atoms with Crippen molar-refractivity contribution in [3.05, 3.63) is 95.7 Å². The molecule has 1 nitrogen and oxygen atoms in total. The first-order chi connectivity index (χ1) is 12.8. The molecule has 0 aliphatic heterocycles. The quantitative estimate of drug-likeness (QED) is 0.297. The minimum Gasteiger partial charge on any atom is -0.448 e. The molecule has 0 N–H and O–H groups in total. The van der Waals surface area contributed by atoms with Gasteiger partial charge in [-0.1, -0.05) is 84.9 Å². The largest absolute Gasteiger partial charge is 0.448 e. The summed E-state index contributed by atoms with van der Waals surface area (Å²) in [4.78, 5) is 0. The van der Waals surface area contributed by atoms with Crippen LogP contribution in [0.3, 0.4) is 0 Å². The maximum absolute atomic E-state index is 6.17. The lowest BCUT2D eigenvalue weighted by molar-refractivity contribution is 0.592. The summed E-state index contributed by atoms with van der Waals surface area (Å²) in [6.45, 7) is 0. The number of furan rings is 1. The van der Waals surface area contributed by atoms with E-state index in [-0.39, 0.29) is 0 Å². The van der Waals surface area contributed by atoms with E-state index in [0.717, 1.165) is 26.6 Å². The highest BCUT2D eigenvalue weighted by Gasteiger charge is 2.18. The lowest BCUT2D eigenvalue weighted by Gasteiger charge is -2.09. The fourth-order valence-electron chi connectivity index (χ4n) is 3.62. The van der Waals surface area contributed by atoms with Crippen LogP contribution in [0.4, 0.5) is 0 Å². The third-order valence-electron chi connectivity index (χ3n) is 4.82. The van der Waals surface area contributed by atoms with E-state index in [2.05, 4.69) is 101 Å². The SMILES string of the molecule is Brc1oc2c(ccc3ccccc32)c1-c1ccccc1-c1ccccc1. The van der Waals surface area contributed by atoms with E-state index in [0.29, 0.717) is 0 Å². The zero-order valence-electron chi connectivity index (χ0n) is 13.9. The van der Waals surface area contributed by atoms with Gasteiger partial charge in [-0.25, -0.2) is 0 Å². The lowest BCUT2D eigenvalue weighted by Crippen LogP contribution is -1.84. The predicted molar refractivity (Wildman–Crippen MR) is 112 cm³/mol. The van der Waals surface area contributed by atoms with E-state index < -0.39 is 0 Å². The second kappa shape index (κ2) is 6.15. The van der Waals surface area contributed by atoms with Crippen molar-refractivity contribution in [2.24, 2.45) is 0 Å². The maximum atomic E-state index is 6.17. The van der Waals surface area contributed by atoms with E-state index >= 15 is 0 Å². The van der Waals surface area contributed by atoms with E-state index in [1.165, 1.54) is 22.1 Å². The van der Waals surface area contributed by atoms with Crippen molar-refractivity contribution < 1.29 is 4.42 Å². The minimum absolute atomic E-state index is 0.771. The summed E-state index contributed by atoms with van der Waals surface area (Å²) < 4.78 is 6.94. The van der Waals surface area contributed by atoms with Crippen LogP contribution in [0.2, 0.25) is 0 Å². The van der Waals surface area contributed by atoms with Gasteiger partial charge in [0.15, 0.2) is 4.67 Å². The Kier molecular flexibility index (Phi) is 3.65. The average Bonchev–Trinajstić information content (AvgIpc) is 3.05. The molecule has 0 bridgehead atoms. The predicted octanol–water partition coefficient (Wildman–Crippen LogP) is 7.68. The molecule has 0 fully saturated rings. The Labute approximate surface area is 160 Å². The molecule has 0 amide bonds. The molecule has 0 spiro atoms. The number of hydrogen-bond donors (Lipinski definition) is 0. The fourth-order valence-corrected chi connectivity index (χ4v) is 4.21. The van der Waals surface area contributed by atoms with E-state index in [4.69, 9.17) is 4.42 Å². The Morgan fingerprint density at radius 2 is 1.27 bits per heavy atom. The van der Waals surface area contributed by atoms with Gasteiger partial charge in [0.2, 0.25) is 0 Å². The van der Waals surface area contributed by atoms with Gasteiger partial charge in [-0.2, -0.15) is 0 Å². The molecule has 5 rings (SSSR count). The zero-order chi connectivity index (χ0) is 17.5. The first-order valence-electron chi connectivity index (χ1n) is 8.57. The molecule has 4 aromatic carbocycles. The standard InChI is InChI=1S/C24H15BrO/c25-24-22(20-13-7-6-11-18(20)16-8-2-1-3-9-16)21-15-14-17-10-4-5-12-19(17)23(21)26-24/h1-15H. The Bertz CT molecular complexity index is 1240. The molecule has 0 unspecified atom stereocenters. The molecular formula is C24H15BrO. The summed E-state index contributed by atoms with van der Waals surface area (Å²) in [6.07, 6.45) is 0. The highest BCUT2D eigenvalue weighted by Crippen LogP contribution is 2.44. The number of hydrogen-bond acceptors (Lipinski definition) is 1. The van der Waals surface area contributed by atoms with Crippen LogP contribution in [0.15, 0.2) is 100 Å². The monoisotopic (exact) mass is 398 g/mol. The second-order valence-corrected chi connectivity index (χ2v) is 7.05. The molecular weight excluding hydrogens is 384 g/mol. The van der Waals surface area contributed by atoms with Crippen LogP contribution in [0.25, 0.3) is 44.0 Å². The van der Waals surface area contributed by atoms with Crippen LogP contribution in [0, 0.1) is 0 Å². The molecule has 5 aromatic rings. The van der Waals surface area contributed by atoms with E-state index in [1.807, 2.05) is 6.07 Å². The van der Waals surface area contributed by atoms with Crippen molar-refractivity contribution >= 4 is 37.7 Å². The average molecular weight is 399 g/mol. The number of rotatable bonds is 2. The van der Waals surface area contributed by atoms with Gasteiger partial charge in [-0.15, -0.1) is 0 Å². The molecule has 26 heavy (non-hydrogen) atoms.